The predicted octanol–water partition coefficient (Wildman–Crippen LogP) is 6.15. The molecular weight excluding hydrogens is 561 g/mol. The molecule has 2 aliphatic heterocycles. The van der Waals surface area contributed by atoms with E-state index >= 15 is 0 Å². The third kappa shape index (κ3) is 4.65. The summed E-state index contributed by atoms with van der Waals surface area (Å²) in [4.78, 5) is 28.5. The Morgan fingerprint density at radius 3 is 2.30 bits per heavy atom. The first-order valence-electron chi connectivity index (χ1n) is 12.2. The molecule has 1 unspecified atom stereocenters. The monoisotopic (exact) mass is 585 g/mol. The number of fused-ring (bicyclic) bond motifs is 1. The Kier molecular flexibility index (Phi) is 7.44. The van der Waals surface area contributed by atoms with Crippen LogP contribution in [0, 0.1) is 0 Å². The number of ether oxygens (including phenoxy) is 5. The summed E-state index contributed by atoms with van der Waals surface area (Å²) in [5, 5.41) is 11.7. The van der Waals surface area contributed by atoms with Crippen LogP contribution < -0.4 is 28.6 Å². The lowest BCUT2D eigenvalue weighted by Crippen LogP contribution is -2.29. The first-order chi connectivity index (χ1) is 19.2. The van der Waals surface area contributed by atoms with Crippen LogP contribution in [0.2, 0.25) is 10.0 Å². The molecular formula is C29H25Cl2NO8. The van der Waals surface area contributed by atoms with Crippen LogP contribution in [0.5, 0.6) is 28.7 Å². The Morgan fingerprint density at radius 1 is 0.975 bits per heavy atom. The number of anilines is 1. The summed E-state index contributed by atoms with van der Waals surface area (Å²) in [6.45, 7) is 3.85. The highest BCUT2D eigenvalue weighted by atomic mass is 35.5. The number of carbonyl (C=O) groups excluding carboxylic acids is 2. The average Bonchev–Trinajstić information content (AvgIpc) is 3.50. The third-order valence-corrected chi connectivity index (χ3v) is 7.07. The molecule has 0 saturated carbocycles. The molecule has 1 saturated heterocycles. The van der Waals surface area contributed by atoms with Crippen molar-refractivity contribution >= 4 is 46.3 Å². The van der Waals surface area contributed by atoms with Crippen molar-refractivity contribution in [3.63, 3.8) is 0 Å². The van der Waals surface area contributed by atoms with E-state index in [4.69, 9.17) is 46.9 Å². The molecule has 1 amide bonds. The summed E-state index contributed by atoms with van der Waals surface area (Å²) in [5.74, 6) is -0.575. The number of amides is 1. The molecule has 1 fully saturated rings. The van der Waals surface area contributed by atoms with E-state index in [1.54, 1.807) is 42.5 Å². The predicted molar refractivity (Wildman–Crippen MR) is 149 cm³/mol. The van der Waals surface area contributed by atoms with Crippen LogP contribution in [0.25, 0.3) is 5.76 Å². The van der Waals surface area contributed by atoms with Gasteiger partial charge in [-0.1, -0.05) is 35.3 Å². The zero-order valence-electron chi connectivity index (χ0n) is 22.0. The molecule has 1 N–H and O–H groups in total. The van der Waals surface area contributed by atoms with Gasteiger partial charge in [0, 0.05) is 11.8 Å². The number of methoxy groups -OCH3 is 2. The summed E-state index contributed by atoms with van der Waals surface area (Å²) >= 11 is 12.8. The van der Waals surface area contributed by atoms with Gasteiger partial charge in [0.25, 0.3) is 11.7 Å². The number of nitrogens with zero attached hydrogens (tertiary/aromatic N) is 1. The second kappa shape index (κ2) is 10.8. The largest absolute Gasteiger partial charge is 0.507 e. The molecule has 208 valence electrons. The molecule has 0 aromatic heterocycles. The van der Waals surface area contributed by atoms with Gasteiger partial charge in [0.05, 0.1) is 42.5 Å². The molecule has 9 nitrogen and oxygen atoms in total. The lowest BCUT2D eigenvalue weighted by molar-refractivity contribution is -0.132. The van der Waals surface area contributed by atoms with E-state index in [0.29, 0.717) is 28.5 Å². The Morgan fingerprint density at radius 2 is 1.65 bits per heavy atom. The van der Waals surface area contributed by atoms with Gasteiger partial charge in [0.2, 0.25) is 6.79 Å². The van der Waals surface area contributed by atoms with E-state index in [2.05, 4.69) is 0 Å². The molecule has 1 atom stereocenters. The van der Waals surface area contributed by atoms with Crippen LogP contribution in [0.1, 0.15) is 31.0 Å². The number of rotatable bonds is 7. The number of ketones is 1. The molecule has 0 radical (unpaired) electrons. The zero-order valence-corrected chi connectivity index (χ0v) is 23.5. The zero-order chi connectivity index (χ0) is 28.7. The first-order valence-corrected chi connectivity index (χ1v) is 13.0. The molecule has 2 aliphatic rings. The van der Waals surface area contributed by atoms with Crippen LogP contribution in [-0.4, -0.2) is 43.9 Å². The molecule has 3 aromatic carbocycles. The van der Waals surface area contributed by atoms with E-state index in [1.807, 2.05) is 13.8 Å². The quantitative estimate of drug-likeness (QED) is 0.200. The number of halogens is 2. The Hall–Kier alpha value is -4.08. The standard InChI is InChI=1S/C29H25Cl2NO8/c1-14(2)40-17-8-5-15(6-9-17)24-22(25(33)18-12-19(30)28(37-4)23(31)27(18)36-3)26(34)29(35)32(24)16-7-10-20-21(11-16)39-13-38-20/h5-12,14,24,33H,13H2,1-4H3/b25-22+. The van der Waals surface area contributed by atoms with Gasteiger partial charge in [0.15, 0.2) is 23.0 Å². The number of carbonyl (C=O) groups is 2. The summed E-state index contributed by atoms with van der Waals surface area (Å²) in [7, 11) is 2.73. The van der Waals surface area contributed by atoms with Crippen LogP contribution in [-0.2, 0) is 9.59 Å². The molecule has 2 heterocycles. The van der Waals surface area contributed by atoms with Crippen molar-refractivity contribution in [2.75, 3.05) is 25.9 Å². The highest BCUT2D eigenvalue weighted by molar-refractivity contribution is 6.52. The van der Waals surface area contributed by atoms with Crippen molar-refractivity contribution in [3.05, 3.63) is 75.3 Å². The lowest BCUT2D eigenvalue weighted by atomic mass is 9.94. The number of aliphatic hydroxyl groups is 1. The molecule has 0 spiro atoms. The minimum absolute atomic E-state index is 0.00390. The van der Waals surface area contributed by atoms with Crippen molar-refractivity contribution in [1.29, 1.82) is 0 Å². The SMILES string of the molecule is COc1c(Cl)cc(/C(O)=C2\C(=O)C(=O)N(c3ccc4c(c3)OCO4)C2c2ccc(OC(C)C)cc2)c(OC)c1Cl. The fourth-order valence-corrected chi connectivity index (χ4v) is 5.43. The maximum absolute atomic E-state index is 13.6. The van der Waals surface area contributed by atoms with Crippen LogP contribution >= 0.6 is 23.2 Å². The Bertz CT molecular complexity index is 1530. The molecule has 40 heavy (non-hydrogen) atoms. The Labute approximate surface area is 240 Å². The third-order valence-electron chi connectivity index (χ3n) is 6.44. The molecule has 0 bridgehead atoms. The van der Waals surface area contributed by atoms with E-state index in [9.17, 15) is 14.7 Å². The van der Waals surface area contributed by atoms with Gasteiger partial charge < -0.3 is 28.8 Å². The summed E-state index contributed by atoms with van der Waals surface area (Å²) in [5.41, 5.74) is 0.748. The number of hydrogen-bond donors (Lipinski definition) is 1. The minimum atomic E-state index is -1.03. The second-order valence-electron chi connectivity index (χ2n) is 9.23. The summed E-state index contributed by atoms with van der Waals surface area (Å²) in [6.07, 6.45) is -0.0536. The highest BCUT2D eigenvalue weighted by Crippen LogP contribution is 2.49. The smallest absolute Gasteiger partial charge is 0.300 e. The number of benzene rings is 3. The lowest BCUT2D eigenvalue weighted by Gasteiger charge is -2.26. The van der Waals surface area contributed by atoms with Crippen molar-refractivity contribution in [2.45, 2.75) is 26.0 Å². The normalized spacial score (nSPS) is 17.5. The minimum Gasteiger partial charge on any atom is -0.507 e. The summed E-state index contributed by atoms with van der Waals surface area (Å²) in [6, 6.07) is 12.2. The van der Waals surface area contributed by atoms with Crippen LogP contribution in [0.15, 0.2) is 54.1 Å². The van der Waals surface area contributed by atoms with E-state index in [0.717, 1.165) is 0 Å². The van der Waals surface area contributed by atoms with E-state index < -0.39 is 23.5 Å². The summed E-state index contributed by atoms with van der Waals surface area (Å²) < 4.78 is 27.4. The van der Waals surface area contributed by atoms with Crippen molar-refractivity contribution in [2.24, 2.45) is 0 Å². The number of aliphatic hydroxyl groups excluding tert-OH is 1. The van der Waals surface area contributed by atoms with Crippen molar-refractivity contribution < 1.29 is 38.4 Å². The maximum Gasteiger partial charge on any atom is 0.300 e. The topological polar surface area (TPSA) is 104 Å². The van der Waals surface area contributed by atoms with Gasteiger partial charge in [-0.3, -0.25) is 14.5 Å². The molecule has 5 rings (SSSR count). The maximum atomic E-state index is 13.6. The van der Waals surface area contributed by atoms with E-state index in [-0.39, 0.29) is 45.6 Å². The van der Waals surface area contributed by atoms with Gasteiger partial charge in [-0.25, -0.2) is 0 Å². The first kappa shape index (κ1) is 27.5. The second-order valence-corrected chi connectivity index (χ2v) is 10.0. The van der Waals surface area contributed by atoms with Gasteiger partial charge in [-0.05, 0) is 49.7 Å². The van der Waals surface area contributed by atoms with Gasteiger partial charge in [0.1, 0.15) is 16.5 Å². The van der Waals surface area contributed by atoms with Crippen LogP contribution in [0.4, 0.5) is 5.69 Å². The fraction of sp³-hybridized carbons (Fsp3) is 0.241. The van der Waals surface area contributed by atoms with Gasteiger partial charge in [-0.15, -0.1) is 0 Å². The van der Waals surface area contributed by atoms with Gasteiger partial charge >= 0.3 is 0 Å². The van der Waals surface area contributed by atoms with E-state index in [1.165, 1.54) is 25.2 Å². The molecule has 11 heteroatoms. The Balaban J connectivity index is 1.72. The van der Waals surface area contributed by atoms with Crippen molar-refractivity contribution in [3.8, 4) is 28.7 Å². The van der Waals surface area contributed by atoms with Crippen LogP contribution in [0.3, 0.4) is 0 Å². The average molecular weight is 586 g/mol. The fourth-order valence-electron chi connectivity index (χ4n) is 4.74. The number of Topliss-reactive ketones (excluding diaryl/α,β-unsaturated/α-hetero) is 1. The van der Waals surface area contributed by atoms with Crippen molar-refractivity contribution in [1.82, 2.24) is 0 Å². The molecule has 0 aliphatic carbocycles. The van der Waals surface area contributed by atoms with Gasteiger partial charge in [-0.2, -0.15) is 0 Å². The molecule has 3 aromatic rings. The number of hydrogen-bond acceptors (Lipinski definition) is 8. The highest BCUT2D eigenvalue weighted by Gasteiger charge is 2.47.